The second-order valence-corrected chi connectivity index (χ2v) is 4.60. The fourth-order valence-corrected chi connectivity index (χ4v) is 1.89. The average Bonchev–Trinajstić information content (AvgIpc) is 3.01. The van der Waals surface area contributed by atoms with E-state index in [0.29, 0.717) is 24.5 Å². The van der Waals surface area contributed by atoms with Crippen molar-refractivity contribution >= 4 is 5.91 Å². The van der Waals surface area contributed by atoms with Crippen molar-refractivity contribution in [3.63, 3.8) is 0 Å². The van der Waals surface area contributed by atoms with Crippen LogP contribution in [0.25, 0.3) is 11.5 Å². The quantitative estimate of drug-likeness (QED) is 0.672. The van der Waals surface area contributed by atoms with Gasteiger partial charge in [-0.1, -0.05) is 6.92 Å². The molecule has 0 unspecified atom stereocenters. The molecule has 6 heteroatoms. The third kappa shape index (κ3) is 4.06. The molecule has 2 aromatic heterocycles. The monoisotopic (exact) mass is 289 g/mol. The lowest BCUT2D eigenvalue weighted by Gasteiger charge is -2.06. The van der Waals surface area contributed by atoms with Crippen LogP contribution in [0, 0.1) is 0 Å². The SMILES string of the molecule is CCCNCCNC(=O)c1ccc(-c2ccco2)[nH]c1=O. The molecule has 0 bridgehead atoms. The molecule has 1 amide bonds. The van der Waals surface area contributed by atoms with Gasteiger partial charge in [0.15, 0.2) is 0 Å². The van der Waals surface area contributed by atoms with Gasteiger partial charge >= 0.3 is 0 Å². The first-order valence-corrected chi connectivity index (χ1v) is 6.98. The van der Waals surface area contributed by atoms with Crippen molar-refractivity contribution in [2.75, 3.05) is 19.6 Å². The number of furan rings is 1. The Labute approximate surface area is 122 Å². The van der Waals surface area contributed by atoms with Gasteiger partial charge in [0.2, 0.25) is 0 Å². The van der Waals surface area contributed by atoms with Crippen LogP contribution in [-0.4, -0.2) is 30.5 Å². The zero-order valence-electron chi connectivity index (χ0n) is 11.9. The molecule has 0 atom stereocenters. The van der Waals surface area contributed by atoms with Gasteiger partial charge < -0.3 is 20.0 Å². The molecule has 0 radical (unpaired) electrons. The first-order valence-electron chi connectivity index (χ1n) is 6.98. The van der Waals surface area contributed by atoms with Gasteiger partial charge in [0.25, 0.3) is 11.5 Å². The molecule has 21 heavy (non-hydrogen) atoms. The van der Waals surface area contributed by atoms with Crippen LogP contribution in [0.2, 0.25) is 0 Å². The number of rotatable bonds is 7. The largest absolute Gasteiger partial charge is 0.463 e. The van der Waals surface area contributed by atoms with Crippen molar-refractivity contribution in [3.05, 3.63) is 46.4 Å². The van der Waals surface area contributed by atoms with E-state index in [1.165, 1.54) is 12.3 Å². The van der Waals surface area contributed by atoms with Gasteiger partial charge in [0.05, 0.1) is 12.0 Å². The van der Waals surface area contributed by atoms with Crippen LogP contribution in [0.3, 0.4) is 0 Å². The van der Waals surface area contributed by atoms with Crippen LogP contribution in [0.5, 0.6) is 0 Å². The van der Waals surface area contributed by atoms with Gasteiger partial charge in [-0.05, 0) is 37.2 Å². The number of H-pyrrole nitrogens is 1. The molecule has 0 aliphatic rings. The lowest BCUT2D eigenvalue weighted by atomic mass is 10.2. The molecule has 0 saturated carbocycles. The summed E-state index contributed by atoms with van der Waals surface area (Å²) in [6.45, 7) is 4.15. The van der Waals surface area contributed by atoms with E-state index in [2.05, 4.69) is 22.5 Å². The summed E-state index contributed by atoms with van der Waals surface area (Å²) in [6.07, 6.45) is 2.57. The van der Waals surface area contributed by atoms with E-state index < -0.39 is 5.56 Å². The molecule has 2 heterocycles. The Morgan fingerprint density at radius 2 is 2.10 bits per heavy atom. The van der Waals surface area contributed by atoms with E-state index in [0.717, 1.165) is 13.0 Å². The first kappa shape index (κ1) is 15.1. The van der Waals surface area contributed by atoms with Crippen molar-refractivity contribution in [1.29, 1.82) is 0 Å². The maximum atomic E-state index is 11.9. The fraction of sp³-hybridized carbons (Fsp3) is 0.333. The molecule has 0 aliphatic carbocycles. The van der Waals surface area contributed by atoms with Gasteiger partial charge in [-0.25, -0.2) is 0 Å². The van der Waals surface area contributed by atoms with Crippen molar-refractivity contribution in [2.45, 2.75) is 13.3 Å². The number of nitrogens with one attached hydrogen (secondary N) is 3. The van der Waals surface area contributed by atoms with E-state index >= 15 is 0 Å². The van der Waals surface area contributed by atoms with Crippen molar-refractivity contribution < 1.29 is 9.21 Å². The summed E-state index contributed by atoms with van der Waals surface area (Å²) in [7, 11) is 0. The summed E-state index contributed by atoms with van der Waals surface area (Å²) in [4.78, 5) is 26.5. The number of pyridine rings is 1. The Balaban J connectivity index is 1.97. The van der Waals surface area contributed by atoms with Gasteiger partial charge in [0.1, 0.15) is 11.3 Å². The molecule has 2 rings (SSSR count). The van der Waals surface area contributed by atoms with Crippen molar-refractivity contribution in [1.82, 2.24) is 15.6 Å². The fourth-order valence-electron chi connectivity index (χ4n) is 1.89. The zero-order chi connectivity index (χ0) is 15.1. The number of carbonyl (C=O) groups is 1. The Morgan fingerprint density at radius 3 is 2.76 bits per heavy atom. The third-order valence-corrected chi connectivity index (χ3v) is 2.95. The Kier molecular flexibility index (Phi) is 5.34. The van der Waals surface area contributed by atoms with Gasteiger partial charge in [-0.2, -0.15) is 0 Å². The minimum Gasteiger partial charge on any atom is -0.463 e. The van der Waals surface area contributed by atoms with Gasteiger partial charge in [-0.3, -0.25) is 9.59 Å². The summed E-state index contributed by atoms with van der Waals surface area (Å²) in [6, 6.07) is 6.64. The highest BCUT2D eigenvalue weighted by Crippen LogP contribution is 2.15. The molecule has 0 aromatic carbocycles. The Morgan fingerprint density at radius 1 is 1.24 bits per heavy atom. The number of amides is 1. The second-order valence-electron chi connectivity index (χ2n) is 4.60. The maximum absolute atomic E-state index is 11.9. The van der Waals surface area contributed by atoms with Crippen LogP contribution in [0.15, 0.2) is 39.7 Å². The van der Waals surface area contributed by atoms with Crippen LogP contribution >= 0.6 is 0 Å². The lowest BCUT2D eigenvalue weighted by Crippen LogP contribution is -2.34. The normalized spacial score (nSPS) is 10.5. The van der Waals surface area contributed by atoms with E-state index in [4.69, 9.17) is 4.42 Å². The summed E-state index contributed by atoms with van der Waals surface area (Å²) >= 11 is 0. The second kappa shape index (κ2) is 7.44. The highest BCUT2D eigenvalue weighted by atomic mass is 16.3. The number of carbonyl (C=O) groups excluding carboxylic acids is 1. The van der Waals surface area contributed by atoms with E-state index in [-0.39, 0.29) is 11.5 Å². The summed E-state index contributed by atoms with van der Waals surface area (Å²) in [5.74, 6) is 0.184. The molecule has 0 spiro atoms. The molecule has 0 fully saturated rings. The predicted octanol–water partition coefficient (Wildman–Crippen LogP) is 1.36. The average molecular weight is 289 g/mol. The van der Waals surface area contributed by atoms with E-state index in [1.54, 1.807) is 18.2 Å². The minimum absolute atomic E-state index is 0.0980. The van der Waals surface area contributed by atoms with Crippen LogP contribution < -0.4 is 16.2 Å². The highest BCUT2D eigenvalue weighted by molar-refractivity contribution is 5.94. The van der Waals surface area contributed by atoms with Crippen LogP contribution in [0.1, 0.15) is 23.7 Å². The molecule has 112 valence electrons. The number of hydrogen-bond acceptors (Lipinski definition) is 4. The number of aromatic nitrogens is 1. The van der Waals surface area contributed by atoms with Crippen LogP contribution in [0.4, 0.5) is 0 Å². The Hall–Kier alpha value is -2.34. The van der Waals surface area contributed by atoms with Crippen molar-refractivity contribution in [2.24, 2.45) is 0 Å². The van der Waals surface area contributed by atoms with E-state index in [9.17, 15) is 9.59 Å². The van der Waals surface area contributed by atoms with Gasteiger partial charge in [0, 0.05) is 13.1 Å². The lowest BCUT2D eigenvalue weighted by molar-refractivity contribution is 0.0952. The summed E-state index contributed by atoms with van der Waals surface area (Å²) in [5.41, 5.74) is 0.217. The van der Waals surface area contributed by atoms with Gasteiger partial charge in [-0.15, -0.1) is 0 Å². The molecular formula is C15H19N3O3. The number of hydrogen-bond donors (Lipinski definition) is 3. The van der Waals surface area contributed by atoms with Crippen molar-refractivity contribution in [3.8, 4) is 11.5 Å². The third-order valence-electron chi connectivity index (χ3n) is 2.95. The zero-order valence-corrected chi connectivity index (χ0v) is 11.9. The summed E-state index contributed by atoms with van der Waals surface area (Å²) < 4.78 is 5.20. The summed E-state index contributed by atoms with van der Waals surface area (Å²) in [5, 5.41) is 5.88. The van der Waals surface area contributed by atoms with Crippen LogP contribution in [-0.2, 0) is 0 Å². The molecule has 2 aromatic rings. The first-order chi connectivity index (χ1) is 10.2. The molecule has 6 nitrogen and oxygen atoms in total. The molecule has 0 aliphatic heterocycles. The smallest absolute Gasteiger partial charge is 0.261 e. The minimum atomic E-state index is -0.428. The molecule has 0 saturated heterocycles. The predicted molar refractivity (Wildman–Crippen MR) is 80.3 cm³/mol. The molecule has 3 N–H and O–H groups in total. The number of aromatic amines is 1. The molecular weight excluding hydrogens is 270 g/mol. The standard InChI is InChI=1S/C15H19N3O3/c1-2-7-16-8-9-17-14(19)11-5-6-12(18-15(11)20)13-4-3-10-21-13/h3-6,10,16H,2,7-9H2,1H3,(H,17,19)(H,18,20). The topological polar surface area (TPSA) is 87.1 Å². The maximum Gasteiger partial charge on any atom is 0.261 e. The van der Waals surface area contributed by atoms with E-state index in [1.807, 2.05) is 0 Å². The Bertz CT molecular complexity index is 632. The highest BCUT2D eigenvalue weighted by Gasteiger charge is 2.11.